The molecule has 0 spiro atoms. The summed E-state index contributed by atoms with van der Waals surface area (Å²) < 4.78 is 0. The van der Waals surface area contributed by atoms with Gasteiger partial charge in [-0.2, -0.15) is 9.97 Å². The largest absolute Gasteiger partial charge is 0.368 e. The van der Waals surface area contributed by atoms with E-state index in [4.69, 9.17) is 5.73 Å². The van der Waals surface area contributed by atoms with E-state index in [1.807, 2.05) is 19.0 Å². The van der Waals surface area contributed by atoms with Gasteiger partial charge in [-0.15, -0.1) is 0 Å². The highest BCUT2D eigenvalue weighted by Crippen LogP contribution is 2.32. The fraction of sp³-hybridized carbons (Fsp3) is 0.727. The van der Waals surface area contributed by atoms with E-state index in [0.29, 0.717) is 18.4 Å². The number of aromatic nitrogens is 3. The summed E-state index contributed by atoms with van der Waals surface area (Å²) in [7, 11) is 3.99. The normalized spacial score (nSPS) is 17.2. The smallest absolute Gasteiger partial charge is 0.223 e. The Balaban J connectivity index is 2.20. The Morgan fingerprint density at radius 3 is 2.50 bits per heavy atom. The molecule has 0 amide bonds. The van der Waals surface area contributed by atoms with Crippen molar-refractivity contribution in [3.05, 3.63) is 11.6 Å². The van der Waals surface area contributed by atoms with Gasteiger partial charge in [-0.1, -0.05) is 12.8 Å². The number of nitrogens with two attached hydrogens (primary N) is 1. The summed E-state index contributed by atoms with van der Waals surface area (Å²) in [6, 6.07) is 0. The Morgan fingerprint density at radius 2 is 1.88 bits per heavy atom. The van der Waals surface area contributed by atoms with Crippen LogP contribution in [-0.4, -0.2) is 33.9 Å². The van der Waals surface area contributed by atoms with E-state index in [0.717, 1.165) is 11.6 Å². The predicted molar refractivity (Wildman–Crippen MR) is 62.8 cm³/mol. The quantitative estimate of drug-likeness (QED) is 0.830. The van der Waals surface area contributed by atoms with Crippen LogP contribution in [0, 0.1) is 0 Å². The summed E-state index contributed by atoms with van der Waals surface area (Å²) >= 11 is 0. The fourth-order valence-corrected chi connectivity index (χ4v) is 2.18. The minimum Gasteiger partial charge on any atom is -0.368 e. The maximum atomic E-state index is 5.72. The van der Waals surface area contributed by atoms with Crippen LogP contribution in [0.15, 0.2) is 0 Å². The van der Waals surface area contributed by atoms with Crippen molar-refractivity contribution >= 4 is 5.95 Å². The van der Waals surface area contributed by atoms with Gasteiger partial charge in [-0.25, -0.2) is 4.98 Å². The highest BCUT2D eigenvalue weighted by Gasteiger charge is 2.21. The van der Waals surface area contributed by atoms with Gasteiger partial charge in [0.15, 0.2) is 0 Å². The summed E-state index contributed by atoms with van der Waals surface area (Å²) in [6.07, 6.45) is 4.92. The maximum Gasteiger partial charge on any atom is 0.223 e. The van der Waals surface area contributed by atoms with Crippen LogP contribution < -0.4 is 5.73 Å². The summed E-state index contributed by atoms with van der Waals surface area (Å²) in [6.45, 7) is 0.715. The van der Waals surface area contributed by atoms with Gasteiger partial charge >= 0.3 is 0 Å². The monoisotopic (exact) mass is 221 g/mol. The number of nitrogens with zero attached hydrogens (tertiary/aromatic N) is 4. The molecule has 5 nitrogen and oxygen atoms in total. The number of hydrogen-bond acceptors (Lipinski definition) is 5. The molecular weight excluding hydrogens is 202 g/mol. The Hall–Kier alpha value is -1.23. The molecule has 16 heavy (non-hydrogen) atoms. The van der Waals surface area contributed by atoms with Crippen LogP contribution in [0.3, 0.4) is 0 Å². The van der Waals surface area contributed by atoms with E-state index in [1.165, 1.54) is 25.7 Å². The molecular formula is C11H19N5. The summed E-state index contributed by atoms with van der Waals surface area (Å²) in [5.74, 6) is 2.52. The number of nitrogen functional groups attached to an aromatic ring is 1. The molecule has 2 rings (SSSR count). The molecule has 0 atom stereocenters. The second-order valence-electron chi connectivity index (χ2n) is 4.69. The molecule has 0 aromatic carbocycles. The predicted octanol–water partition coefficient (Wildman–Crippen LogP) is 1.17. The zero-order valence-corrected chi connectivity index (χ0v) is 9.98. The zero-order chi connectivity index (χ0) is 11.5. The van der Waals surface area contributed by atoms with Crippen LogP contribution in [0.2, 0.25) is 0 Å². The number of hydrogen-bond donors (Lipinski definition) is 1. The highest BCUT2D eigenvalue weighted by atomic mass is 15.1. The van der Waals surface area contributed by atoms with Crippen molar-refractivity contribution in [3.8, 4) is 0 Å². The topological polar surface area (TPSA) is 67.9 Å². The molecule has 5 heteroatoms. The van der Waals surface area contributed by atoms with Gasteiger partial charge in [0, 0.05) is 5.92 Å². The molecule has 1 fully saturated rings. The lowest BCUT2D eigenvalue weighted by atomic mass is 10.1. The first-order valence-electron chi connectivity index (χ1n) is 5.80. The van der Waals surface area contributed by atoms with Crippen molar-refractivity contribution in [2.75, 3.05) is 19.8 Å². The third kappa shape index (κ3) is 2.66. The van der Waals surface area contributed by atoms with Crippen molar-refractivity contribution < 1.29 is 0 Å². The van der Waals surface area contributed by atoms with Crippen LogP contribution in [0.1, 0.15) is 43.3 Å². The minimum atomic E-state index is 0.355. The van der Waals surface area contributed by atoms with Gasteiger partial charge in [0.2, 0.25) is 5.95 Å². The molecule has 1 aromatic heterocycles. The molecule has 1 aliphatic rings. The van der Waals surface area contributed by atoms with Crippen LogP contribution >= 0.6 is 0 Å². The number of rotatable bonds is 3. The number of anilines is 1. The first-order chi connectivity index (χ1) is 7.65. The summed E-state index contributed by atoms with van der Waals surface area (Å²) in [5, 5.41) is 0. The lowest BCUT2D eigenvalue weighted by Crippen LogP contribution is -2.17. The maximum absolute atomic E-state index is 5.72. The van der Waals surface area contributed by atoms with Crippen molar-refractivity contribution in [2.45, 2.75) is 38.1 Å². The van der Waals surface area contributed by atoms with E-state index in [2.05, 4.69) is 15.0 Å². The Morgan fingerprint density at radius 1 is 1.19 bits per heavy atom. The highest BCUT2D eigenvalue weighted by molar-refractivity contribution is 5.18. The average molecular weight is 221 g/mol. The SMILES string of the molecule is CN(C)Cc1nc(N)nc(C2CCCC2)n1. The Kier molecular flexibility index (Phi) is 3.33. The fourth-order valence-electron chi connectivity index (χ4n) is 2.18. The average Bonchev–Trinajstić information content (AvgIpc) is 2.67. The lowest BCUT2D eigenvalue weighted by Gasteiger charge is -2.12. The second-order valence-corrected chi connectivity index (χ2v) is 4.69. The Bertz CT molecular complexity index is 357. The molecule has 0 aliphatic heterocycles. The summed E-state index contributed by atoms with van der Waals surface area (Å²) in [4.78, 5) is 15.0. The van der Waals surface area contributed by atoms with Crippen LogP contribution in [0.4, 0.5) is 5.95 Å². The molecule has 1 aliphatic carbocycles. The summed E-state index contributed by atoms with van der Waals surface area (Å²) in [5.41, 5.74) is 5.72. The molecule has 0 unspecified atom stereocenters. The van der Waals surface area contributed by atoms with Gasteiger partial charge < -0.3 is 10.6 Å². The first kappa shape index (κ1) is 11.3. The molecule has 2 N–H and O–H groups in total. The molecule has 88 valence electrons. The van der Waals surface area contributed by atoms with Gasteiger partial charge in [0.25, 0.3) is 0 Å². The van der Waals surface area contributed by atoms with Crippen LogP contribution in [-0.2, 0) is 6.54 Å². The zero-order valence-electron chi connectivity index (χ0n) is 9.98. The van der Waals surface area contributed by atoms with Gasteiger partial charge in [-0.3, -0.25) is 0 Å². The van der Waals surface area contributed by atoms with Crippen LogP contribution in [0.5, 0.6) is 0 Å². The molecule has 1 heterocycles. The van der Waals surface area contributed by atoms with E-state index >= 15 is 0 Å². The molecule has 0 radical (unpaired) electrons. The van der Waals surface area contributed by atoms with E-state index < -0.39 is 0 Å². The molecule has 0 bridgehead atoms. The lowest BCUT2D eigenvalue weighted by molar-refractivity contribution is 0.388. The molecule has 1 aromatic rings. The van der Waals surface area contributed by atoms with Crippen molar-refractivity contribution in [1.82, 2.24) is 19.9 Å². The van der Waals surface area contributed by atoms with Crippen LogP contribution in [0.25, 0.3) is 0 Å². The standard InChI is InChI=1S/C11H19N5/c1-16(2)7-9-13-10(15-11(12)14-9)8-5-3-4-6-8/h8H,3-7H2,1-2H3,(H2,12,13,14,15). The first-order valence-corrected chi connectivity index (χ1v) is 5.80. The van der Waals surface area contributed by atoms with Crippen molar-refractivity contribution in [1.29, 1.82) is 0 Å². The Labute approximate surface area is 96.1 Å². The molecule has 1 saturated carbocycles. The van der Waals surface area contributed by atoms with Gasteiger partial charge in [0.05, 0.1) is 6.54 Å². The van der Waals surface area contributed by atoms with Gasteiger partial charge in [-0.05, 0) is 26.9 Å². The van der Waals surface area contributed by atoms with Crippen molar-refractivity contribution in [2.24, 2.45) is 0 Å². The second kappa shape index (κ2) is 4.74. The third-order valence-corrected chi connectivity index (χ3v) is 2.89. The van der Waals surface area contributed by atoms with E-state index in [9.17, 15) is 0 Å². The van der Waals surface area contributed by atoms with Crippen molar-refractivity contribution in [3.63, 3.8) is 0 Å². The van der Waals surface area contributed by atoms with E-state index in [-0.39, 0.29) is 0 Å². The molecule has 0 saturated heterocycles. The minimum absolute atomic E-state index is 0.355. The van der Waals surface area contributed by atoms with Gasteiger partial charge in [0.1, 0.15) is 11.6 Å². The third-order valence-electron chi connectivity index (χ3n) is 2.89. The van der Waals surface area contributed by atoms with E-state index in [1.54, 1.807) is 0 Å².